The van der Waals surface area contributed by atoms with E-state index in [-0.39, 0.29) is 12.1 Å². The van der Waals surface area contributed by atoms with Crippen LogP contribution in [0.5, 0.6) is 0 Å². The molecule has 0 fully saturated rings. The monoisotopic (exact) mass is 265 g/mol. The summed E-state index contributed by atoms with van der Waals surface area (Å²) in [7, 11) is 0. The molecule has 0 aliphatic carbocycles. The first kappa shape index (κ1) is 13.7. The van der Waals surface area contributed by atoms with E-state index in [0.717, 1.165) is 18.2 Å². The summed E-state index contributed by atoms with van der Waals surface area (Å²) in [5.41, 5.74) is 0.712. The summed E-state index contributed by atoms with van der Waals surface area (Å²) in [4.78, 5) is 0. The normalized spacial score (nSPS) is 14.3. The second-order valence-corrected chi connectivity index (χ2v) is 4.54. The van der Waals surface area contributed by atoms with Crippen molar-refractivity contribution in [1.29, 1.82) is 0 Å². The molecule has 1 heterocycles. The zero-order chi connectivity index (χ0) is 13.8. The maximum atomic E-state index is 13.2. The molecule has 0 aliphatic rings. The molecule has 2 nitrogen and oxygen atoms in total. The zero-order valence-electron chi connectivity index (χ0n) is 11.0. The fourth-order valence-electron chi connectivity index (χ4n) is 2.07. The summed E-state index contributed by atoms with van der Waals surface area (Å²) >= 11 is 0. The van der Waals surface area contributed by atoms with Gasteiger partial charge >= 0.3 is 0 Å². The quantitative estimate of drug-likeness (QED) is 0.869. The average molecular weight is 265 g/mol. The Morgan fingerprint density at radius 1 is 1.21 bits per heavy atom. The number of benzene rings is 1. The van der Waals surface area contributed by atoms with Gasteiger partial charge < -0.3 is 9.73 Å². The molecule has 4 heteroatoms. The minimum Gasteiger partial charge on any atom is -0.468 e. The van der Waals surface area contributed by atoms with Crippen molar-refractivity contribution in [3.05, 3.63) is 59.6 Å². The van der Waals surface area contributed by atoms with E-state index in [4.69, 9.17) is 4.42 Å². The molecule has 0 aliphatic heterocycles. The van der Waals surface area contributed by atoms with Crippen LogP contribution >= 0.6 is 0 Å². The van der Waals surface area contributed by atoms with E-state index in [1.165, 1.54) is 6.07 Å². The highest BCUT2D eigenvalue weighted by molar-refractivity contribution is 5.21. The number of rotatable bonds is 5. The third-order valence-corrected chi connectivity index (χ3v) is 3.19. The number of hydrogen-bond acceptors (Lipinski definition) is 2. The van der Waals surface area contributed by atoms with Crippen LogP contribution in [0.4, 0.5) is 8.78 Å². The van der Waals surface area contributed by atoms with Gasteiger partial charge in [0.2, 0.25) is 0 Å². The average Bonchev–Trinajstić information content (AvgIpc) is 2.92. The first-order valence-electron chi connectivity index (χ1n) is 6.36. The lowest BCUT2D eigenvalue weighted by molar-refractivity contribution is 0.375. The first-order chi connectivity index (χ1) is 9.11. The molecule has 0 saturated heterocycles. The summed E-state index contributed by atoms with van der Waals surface area (Å²) in [6, 6.07) is 7.66. The van der Waals surface area contributed by atoms with Gasteiger partial charge in [-0.05, 0) is 43.2 Å². The van der Waals surface area contributed by atoms with Crippen molar-refractivity contribution in [3.63, 3.8) is 0 Å². The number of nitrogens with one attached hydrogen (secondary N) is 1. The maximum absolute atomic E-state index is 13.2. The summed E-state index contributed by atoms with van der Waals surface area (Å²) in [6.07, 6.45) is 2.48. The molecular formula is C15H17F2NO. The Morgan fingerprint density at radius 3 is 2.58 bits per heavy atom. The van der Waals surface area contributed by atoms with Crippen molar-refractivity contribution < 1.29 is 13.2 Å². The van der Waals surface area contributed by atoms with Crippen LogP contribution in [-0.4, -0.2) is 0 Å². The fourth-order valence-corrected chi connectivity index (χ4v) is 2.07. The summed E-state index contributed by atoms with van der Waals surface area (Å²) in [5.74, 6) is -0.803. The topological polar surface area (TPSA) is 25.2 Å². The van der Waals surface area contributed by atoms with Gasteiger partial charge in [-0.25, -0.2) is 8.78 Å². The van der Waals surface area contributed by atoms with E-state index in [0.29, 0.717) is 5.56 Å². The maximum Gasteiger partial charge on any atom is 0.159 e. The Labute approximate surface area is 111 Å². The highest BCUT2D eigenvalue weighted by atomic mass is 19.2. The van der Waals surface area contributed by atoms with E-state index < -0.39 is 11.6 Å². The Bertz CT molecular complexity index is 525. The number of furan rings is 1. The zero-order valence-corrected chi connectivity index (χ0v) is 11.0. The van der Waals surface area contributed by atoms with Gasteiger partial charge in [0.05, 0.1) is 12.3 Å². The third-order valence-electron chi connectivity index (χ3n) is 3.19. The molecule has 1 aromatic carbocycles. The molecule has 2 rings (SSSR count). The first-order valence-corrected chi connectivity index (χ1v) is 6.36. The standard InChI is InChI=1S/C15H17F2NO/c1-3-14(15-5-4-8-19-15)18-10(2)11-6-7-12(16)13(17)9-11/h4-10,14,18H,3H2,1-2H3. The van der Waals surface area contributed by atoms with Crippen molar-refractivity contribution in [1.82, 2.24) is 5.32 Å². The molecule has 1 N–H and O–H groups in total. The van der Waals surface area contributed by atoms with Gasteiger partial charge in [0, 0.05) is 6.04 Å². The smallest absolute Gasteiger partial charge is 0.159 e. The Balaban J connectivity index is 2.11. The second kappa shape index (κ2) is 5.97. The van der Waals surface area contributed by atoms with Crippen molar-refractivity contribution in [2.75, 3.05) is 0 Å². The fraction of sp³-hybridized carbons (Fsp3) is 0.333. The van der Waals surface area contributed by atoms with Crippen LogP contribution in [0.3, 0.4) is 0 Å². The molecule has 0 radical (unpaired) electrons. The van der Waals surface area contributed by atoms with Crippen LogP contribution in [0.15, 0.2) is 41.0 Å². The van der Waals surface area contributed by atoms with Crippen LogP contribution in [0.1, 0.15) is 43.7 Å². The van der Waals surface area contributed by atoms with Crippen molar-refractivity contribution in [2.45, 2.75) is 32.4 Å². The molecule has 0 bridgehead atoms. The second-order valence-electron chi connectivity index (χ2n) is 4.54. The largest absolute Gasteiger partial charge is 0.468 e. The van der Waals surface area contributed by atoms with Crippen LogP contribution < -0.4 is 5.32 Å². The molecule has 2 atom stereocenters. The summed E-state index contributed by atoms with van der Waals surface area (Å²) in [6.45, 7) is 3.95. The van der Waals surface area contributed by atoms with Crippen LogP contribution in [0, 0.1) is 11.6 Å². The van der Waals surface area contributed by atoms with Gasteiger partial charge in [0.1, 0.15) is 5.76 Å². The third kappa shape index (κ3) is 3.20. The van der Waals surface area contributed by atoms with Crippen molar-refractivity contribution >= 4 is 0 Å². The van der Waals surface area contributed by atoms with E-state index in [1.54, 1.807) is 12.3 Å². The number of hydrogen-bond donors (Lipinski definition) is 1. The molecule has 0 spiro atoms. The molecule has 2 unspecified atom stereocenters. The molecule has 19 heavy (non-hydrogen) atoms. The highest BCUT2D eigenvalue weighted by Crippen LogP contribution is 2.23. The molecule has 102 valence electrons. The molecule has 0 amide bonds. The molecule has 0 saturated carbocycles. The lowest BCUT2D eigenvalue weighted by Gasteiger charge is -2.21. The van der Waals surface area contributed by atoms with E-state index in [1.807, 2.05) is 26.0 Å². The predicted molar refractivity (Wildman–Crippen MR) is 69.6 cm³/mol. The van der Waals surface area contributed by atoms with Gasteiger partial charge in [-0.2, -0.15) is 0 Å². The minimum absolute atomic E-state index is 0.0538. The Kier molecular flexibility index (Phi) is 4.32. The number of halogens is 2. The van der Waals surface area contributed by atoms with E-state index in [9.17, 15) is 8.78 Å². The van der Waals surface area contributed by atoms with Gasteiger partial charge in [-0.3, -0.25) is 0 Å². The highest BCUT2D eigenvalue weighted by Gasteiger charge is 2.16. The summed E-state index contributed by atoms with van der Waals surface area (Å²) < 4.78 is 31.5. The lowest BCUT2D eigenvalue weighted by Crippen LogP contribution is -2.24. The predicted octanol–water partition coefficient (Wildman–Crippen LogP) is 4.36. The Hall–Kier alpha value is -1.68. The lowest BCUT2D eigenvalue weighted by atomic mass is 10.1. The SMILES string of the molecule is CCC(NC(C)c1ccc(F)c(F)c1)c1ccco1. The van der Waals surface area contributed by atoms with Crippen molar-refractivity contribution in [2.24, 2.45) is 0 Å². The van der Waals surface area contributed by atoms with E-state index >= 15 is 0 Å². The van der Waals surface area contributed by atoms with Crippen molar-refractivity contribution in [3.8, 4) is 0 Å². The Morgan fingerprint density at radius 2 is 2.00 bits per heavy atom. The molecule has 2 aromatic rings. The van der Waals surface area contributed by atoms with Crippen LogP contribution in [0.2, 0.25) is 0 Å². The van der Waals surface area contributed by atoms with E-state index in [2.05, 4.69) is 5.32 Å². The summed E-state index contributed by atoms with van der Waals surface area (Å²) in [5, 5.41) is 3.35. The molecular weight excluding hydrogens is 248 g/mol. The molecule has 1 aromatic heterocycles. The van der Waals surface area contributed by atoms with Gasteiger partial charge in [0.15, 0.2) is 11.6 Å². The van der Waals surface area contributed by atoms with Crippen LogP contribution in [-0.2, 0) is 0 Å². The van der Waals surface area contributed by atoms with Crippen LogP contribution in [0.25, 0.3) is 0 Å². The minimum atomic E-state index is -0.825. The van der Waals surface area contributed by atoms with Gasteiger partial charge in [0.25, 0.3) is 0 Å². The van der Waals surface area contributed by atoms with Gasteiger partial charge in [-0.1, -0.05) is 13.0 Å². The van der Waals surface area contributed by atoms with Gasteiger partial charge in [-0.15, -0.1) is 0 Å².